The minimum Gasteiger partial charge on any atom is -0.744 e. The van der Waals surface area contributed by atoms with Gasteiger partial charge in [-0.15, -0.1) is 16.8 Å². The number of aromatic nitrogens is 3. The zero-order chi connectivity index (χ0) is 26.3. The van der Waals surface area contributed by atoms with Crippen LogP contribution in [0.15, 0.2) is 78.2 Å². The van der Waals surface area contributed by atoms with E-state index in [0.29, 0.717) is 17.5 Å². The lowest BCUT2D eigenvalue weighted by atomic mass is 9.71. The van der Waals surface area contributed by atoms with Crippen molar-refractivity contribution in [3.05, 3.63) is 84.4 Å². The third-order valence-corrected chi connectivity index (χ3v) is 7.13. The largest absolute Gasteiger partial charge is 0.744 e. The molecule has 0 spiro atoms. The Kier molecular flexibility index (Phi) is 6.66. The highest BCUT2D eigenvalue weighted by molar-refractivity contribution is 7.85. The van der Waals surface area contributed by atoms with Crippen LogP contribution < -0.4 is 0 Å². The molecule has 0 atom stereocenters. The summed E-state index contributed by atoms with van der Waals surface area (Å²) < 4.78 is 36.4. The molecule has 4 aromatic rings. The van der Waals surface area contributed by atoms with E-state index in [1.807, 2.05) is 30.3 Å². The predicted molar refractivity (Wildman–Crippen MR) is 143 cm³/mol. The normalized spacial score (nSPS) is 12.7. The molecule has 36 heavy (non-hydrogen) atoms. The lowest BCUT2D eigenvalue weighted by Crippen LogP contribution is -2.27. The van der Waals surface area contributed by atoms with E-state index in [0.717, 1.165) is 34.3 Å². The lowest BCUT2D eigenvalue weighted by molar-refractivity contribution is 0.283. The van der Waals surface area contributed by atoms with Gasteiger partial charge in [-0.25, -0.2) is 8.42 Å². The number of fused-ring (bicyclic) bond motifs is 1. The fourth-order valence-corrected chi connectivity index (χ4v) is 5.90. The number of nitrogens with zero attached hydrogens (tertiary/aromatic N) is 3. The van der Waals surface area contributed by atoms with Gasteiger partial charge in [0.05, 0.1) is 10.6 Å². The summed E-state index contributed by atoms with van der Waals surface area (Å²) in [6.07, 6.45) is 3.19. The summed E-state index contributed by atoms with van der Waals surface area (Å²) in [6.45, 7) is 15.0. The maximum atomic E-state index is 12.1. The smallest absolute Gasteiger partial charge is 0.125 e. The van der Waals surface area contributed by atoms with Crippen LogP contribution in [0.3, 0.4) is 0 Å². The Labute approximate surface area is 213 Å². The van der Waals surface area contributed by atoms with E-state index in [2.05, 4.69) is 47.3 Å². The Morgan fingerprint density at radius 1 is 0.917 bits per heavy atom. The van der Waals surface area contributed by atoms with Crippen molar-refractivity contribution in [3.63, 3.8) is 0 Å². The predicted octanol–water partition coefficient (Wildman–Crippen LogP) is 6.43. The van der Waals surface area contributed by atoms with Gasteiger partial charge in [-0.3, -0.25) is 0 Å². The van der Waals surface area contributed by atoms with Crippen LogP contribution in [-0.2, 0) is 22.0 Å². The number of hydrogen-bond donors (Lipinski definition) is 0. The van der Waals surface area contributed by atoms with Gasteiger partial charge in [0.2, 0.25) is 0 Å². The van der Waals surface area contributed by atoms with E-state index in [4.69, 9.17) is 10.2 Å². The van der Waals surface area contributed by atoms with Crippen molar-refractivity contribution >= 4 is 21.2 Å². The van der Waals surface area contributed by atoms with Crippen LogP contribution in [0.5, 0.6) is 0 Å². The van der Waals surface area contributed by atoms with Crippen molar-refractivity contribution in [1.82, 2.24) is 15.0 Å². The van der Waals surface area contributed by atoms with E-state index >= 15 is 0 Å². The molecule has 0 unspecified atom stereocenters. The topological polar surface area (TPSA) is 87.9 Å². The fraction of sp³-hybridized carbons (Fsp3) is 0.310. The summed E-state index contributed by atoms with van der Waals surface area (Å²) in [5.74, 6) is 0. The fourth-order valence-electron chi connectivity index (χ4n) is 5.21. The standard InChI is InChI=1S/C29H33N3O3S/c1-7-12-20-17-23(29(5,6)19-28(2,3)4)26(32-30-24-14-9-10-15-25(24)31-32)18-22(20)21-13-8-11-16-27(21)36(33,34)35/h7-11,13-18H,1,12,19H2,2-6H3,(H,33,34,35)/p-1. The molecule has 3 aromatic carbocycles. The average molecular weight is 503 g/mol. The van der Waals surface area contributed by atoms with Crippen LogP contribution in [0, 0.1) is 5.41 Å². The first-order chi connectivity index (χ1) is 16.8. The Hall–Kier alpha value is -3.29. The molecule has 0 aliphatic carbocycles. The molecule has 6 nitrogen and oxygen atoms in total. The van der Waals surface area contributed by atoms with Crippen molar-refractivity contribution in [2.75, 3.05) is 0 Å². The molecule has 0 bridgehead atoms. The molecule has 0 saturated heterocycles. The van der Waals surface area contributed by atoms with E-state index in [-0.39, 0.29) is 15.7 Å². The Bertz CT molecular complexity index is 1510. The van der Waals surface area contributed by atoms with Crippen molar-refractivity contribution in [2.24, 2.45) is 5.41 Å². The van der Waals surface area contributed by atoms with E-state index in [1.165, 1.54) is 6.07 Å². The van der Waals surface area contributed by atoms with Gasteiger partial charge in [-0.05, 0) is 70.2 Å². The highest BCUT2D eigenvalue weighted by Gasteiger charge is 2.32. The molecular formula is C29H32N3O3S-. The number of rotatable bonds is 7. The second-order valence-corrected chi connectivity index (χ2v) is 12.4. The van der Waals surface area contributed by atoms with Crippen LogP contribution in [0.1, 0.15) is 52.2 Å². The highest BCUT2D eigenvalue weighted by atomic mass is 32.2. The molecular weight excluding hydrogens is 470 g/mol. The minimum atomic E-state index is -4.69. The monoisotopic (exact) mass is 502 g/mol. The summed E-state index contributed by atoms with van der Waals surface area (Å²) in [4.78, 5) is 1.38. The van der Waals surface area contributed by atoms with E-state index in [9.17, 15) is 13.0 Å². The number of benzene rings is 3. The molecule has 7 heteroatoms. The van der Waals surface area contributed by atoms with Gasteiger partial charge >= 0.3 is 0 Å². The Balaban J connectivity index is 2.08. The van der Waals surface area contributed by atoms with Crippen LogP contribution in [0.4, 0.5) is 0 Å². The maximum absolute atomic E-state index is 12.1. The molecule has 1 heterocycles. The molecule has 0 radical (unpaired) electrons. The van der Waals surface area contributed by atoms with Crippen molar-refractivity contribution in [2.45, 2.75) is 57.8 Å². The van der Waals surface area contributed by atoms with Crippen LogP contribution >= 0.6 is 0 Å². The third kappa shape index (κ3) is 5.27. The van der Waals surface area contributed by atoms with Gasteiger partial charge < -0.3 is 4.55 Å². The molecule has 0 saturated carbocycles. The zero-order valence-corrected chi connectivity index (χ0v) is 22.3. The van der Waals surface area contributed by atoms with Crippen LogP contribution in [0.2, 0.25) is 0 Å². The number of hydrogen-bond acceptors (Lipinski definition) is 5. The second-order valence-electron chi connectivity index (χ2n) is 11.1. The van der Waals surface area contributed by atoms with E-state index in [1.54, 1.807) is 29.1 Å². The van der Waals surface area contributed by atoms with Crippen molar-refractivity contribution in [3.8, 4) is 16.8 Å². The first kappa shape index (κ1) is 25.8. The van der Waals surface area contributed by atoms with Crippen molar-refractivity contribution < 1.29 is 13.0 Å². The first-order valence-corrected chi connectivity index (χ1v) is 13.4. The first-order valence-electron chi connectivity index (χ1n) is 12.0. The quantitative estimate of drug-likeness (QED) is 0.214. The summed E-state index contributed by atoms with van der Waals surface area (Å²) in [6, 6.07) is 18.0. The highest BCUT2D eigenvalue weighted by Crippen LogP contribution is 2.42. The molecule has 0 amide bonds. The Morgan fingerprint density at radius 2 is 1.50 bits per heavy atom. The molecule has 0 fully saturated rings. The van der Waals surface area contributed by atoms with Gasteiger partial charge in [-0.1, -0.05) is 77.1 Å². The second kappa shape index (κ2) is 9.30. The minimum absolute atomic E-state index is 0.0591. The van der Waals surface area contributed by atoms with Crippen LogP contribution in [0.25, 0.3) is 27.8 Å². The molecule has 0 N–H and O–H groups in total. The van der Waals surface area contributed by atoms with Gasteiger partial charge in [0.25, 0.3) is 0 Å². The lowest BCUT2D eigenvalue weighted by Gasteiger charge is -2.35. The molecule has 1 aromatic heterocycles. The summed E-state index contributed by atoms with van der Waals surface area (Å²) in [7, 11) is -4.69. The SMILES string of the molecule is C=CCc1cc(C(C)(C)CC(C)(C)C)c(-n2nc3ccccc3n2)cc1-c1ccccc1S(=O)(=O)[O-]. The van der Waals surface area contributed by atoms with Crippen molar-refractivity contribution in [1.29, 1.82) is 0 Å². The molecule has 0 aliphatic rings. The maximum Gasteiger partial charge on any atom is 0.125 e. The summed E-state index contributed by atoms with van der Waals surface area (Å²) in [5, 5.41) is 9.48. The molecule has 188 valence electrons. The van der Waals surface area contributed by atoms with Gasteiger partial charge in [0, 0.05) is 0 Å². The molecule has 4 rings (SSSR count). The van der Waals surface area contributed by atoms with Gasteiger partial charge in [0.1, 0.15) is 21.2 Å². The average Bonchev–Trinajstić information content (AvgIpc) is 3.21. The summed E-state index contributed by atoms with van der Waals surface area (Å²) in [5.41, 5.74) is 5.02. The zero-order valence-electron chi connectivity index (χ0n) is 21.4. The van der Waals surface area contributed by atoms with Crippen LogP contribution in [-0.4, -0.2) is 28.0 Å². The molecule has 0 aliphatic heterocycles. The number of allylic oxidation sites excluding steroid dienone is 1. The third-order valence-electron chi connectivity index (χ3n) is 6.24. The summed E-state index contributed by atoms with van der Waals surface area (Å²) >= 11 is 0. The van der Waals surface area contributed by atoms with Gasteiger partial charge in [-0.2, -0.15) is 4.80 Å². The Morgan fingerprint density at radius 3 is 2.06 bits per heavy atom. The van der Waals surface area contributed by atoms with E-state index < -0.39 is 10.1 Å². The van der Waals surface area contributed by atoms with Gasteiger partial charge in [0.15, 0.2) is 0 Å².